The lowest BCUT2D eigenvalue weighted by molar-refractivity contribution is 0.0662. The lowest BCUT2D eigenvalue weighted by Gasteiger charge is -2.32. The Morgan fingerprint density at radius 2 is 2.38 bits per heavy atom. The first kappa shape index (κ1) is 15.1. The fourth-order valence-corrected chi connectivity index (χ4v) is 3.73. The minimum atomic E-state index is -0.0739. The van der Waals surface area contributed by atoms with Crippen molar-refractivity contribution in [3.8, 4) is 10.6 Å². The highest BCUT2D eigenvalue weighted by Gasteiger charge is 2.28. The van der Waals surface area contributed by atoms with Gasteiger partial charge < -0.3 is 9.42 Å². The summed E-state index contributed by atoms with van der Waals surface area (Å²) in [5, 5.41) is 10.3. The Bertz CT molecular complexity index is 837. The average molecular weight is 342 g/mol. The Hall–Kier alpha value is -2.41. The molecule has 7 heteroatoms. The van der Waals surface area contributed by atoms with Crippen LogP contribution in [0.5, 0.6) is 0 Å². The van der Waals surface area contributed by atoms with E-state index in [1.165, 1.54) is 0 Å². The zero-order valence-corrected chi connectivity index (χ0v) is 14.2. The number of aromatic nitrogens is 3. The van der Waals surface area contributed by atoms with E-state index >= 15 is 0 Å². The number of amides is 1. The number of carbonyl (C=O) groups is 1. The number of thiophene rings is 1. The minimum absolute atomic E-state index is 0.0739. The molecule has 0 N–H and O–H groups in total. The third-order valence-corrected chi connectivity index (χ3v) is 5.17. The van der Waals surface area contributed by atoms with Crippen molar-refractivity contribution in [2.45, 2.75) is 25.8 Å². The third kappa shape index (κ3) is 2.87. The van der Waals surface area contributed by atoms with E-state index in [0.717, 1.165) is 29.8 Å². The summed E-state index contributed by atoms with van der Waals surface area (Å²) in [6, 6.07) is 5.86. The standard InChI is InChI=1S/C17H18N4O2S/c1-12-9-18-21(10-12)13-4-2-6-20(11-13)17(22)14-8-15(23-19-14)16-5-3-7-24-16/h3,5,7-10,13H,2,4,6,11H2,1H3. The second-order valence-electron chi connectivity index (χ2n) is 6.10. The number of hydrogen-bond acceptors (Lipinski definition) is 5. The highest BCUT2D eigenvalue weighted by atomic mass is 32.1. The quantitative estimate of drug-likeness (QED) is 0.732. The summed E-state index contributed by atoms with van der Waals surface area (Å²) in [5.74, 6) is 0.569. The fourth-order valence-electron chi connectivity index (χ4n) is 3.06. The molecule has 4 rings (SSSR count). The second-order valence-corrected chi connectivity index (χ2v) is 7.05. The van der Waals surface area contributed by atoms with E-state index in [4.69, 9.17) is 4.52 Å². The van der Waals surface area contributed by atoms with Gasteiger partial charge in [-0.25, -0.2) is 0 Å². The van der Waals surface area contributed by atoms with Crippen LogP contribution in [0.1, 0.15) is 34.9 Å². The number of rotatable bonds is 3. The monoisotopic (exact) mass is 342 g/mol. The Balaban J connectivity index is 1.50. The van der Waals surface area contributed by atoms with E-state index in [0.29, 0.717) is 18.0 Å². The molecule has 0 aromatic carbocycles. The Labute approximate surface area is 143 Å². The SMILES string of the molecule is Cc1cnn(C2CCCN(C(=O)c3cc(-c4cccs4)on3)C2)c1. The predicted octanol–water partition coefficient (Wildman–Crippen LogP) is 3.39. The summed E-state index contributed by atoms with van der Waals surface area (Å²) >= 11 is 1.57. The molecule has 3 aromatic rings. The van der Waals surface area contributed by atoms with Gasteiger partial charge in [0.25, 0.3) is 5.91 Å². The van der Waals surface area contributed by atoms with Crippen molar-refractivity contribution >= 4 is 17.2 Å². The van der Waals surface area contributed by atoms with Gasteiger partial charge in [0.2, 0.25) is 0 Å². The van der Waals surface area contributed by atoms with Gasteiger partial charge in [-0.1, -0.05) is 11.2 Å². The maximum Gasteiger partial charge on any atom is 0.276 e. The minimum Gasteiger partial charge on any atom is -0.355 e. The molecule has 24 heavy (non-hydrogen) atoms. The first-order valence-electron chi connectivity index (χ1n) is 8.01. The molecule has 1 aliphatic heterocycles. The molecule has 1 aliphatic rings. The van der Waals surface area contributed by atoms with Gasteiger partial charge in [0.05, 0.1) is 17.1 Å². The summed E-state index contributed by atoms with van der Waals surface area (Å²) < 4.78 is 7.30. The fraction of sp³-hybridized carbons (Fsp3) is 0.353. The van der Waals surface area contributed by atoms with Crippen LogP contribution in [-0.4, -0.2) is 38.8 Å². The lowest BCUT2D eigenvalue weighted by atomic mass is 10.1. The number of aryl methyl sites for hydroxylation is 1. The average Bonchev–Trinajstić information content (AvgIpc) is 3.34. The van der Waals surface area contributed by atoms with Gasteiger partial charge in [0.15, 0.2) is 11.5 Å². The van der Waals surface area contributed by atoms with Gasteiger partial charge in [-0.15, -0.1) is 11.3 Å². The number of hydrogen-bond donors (Lipinski definition) is 0. The molecular weight excluding hydrogens is 324 g/mol. The summed E-state index contributed by atoms with van der Waals surface area (Å²) in [7, 11) is 0. The van der Waals surface area contributed by atoms with Crippen LogP contribution >= 0.6 is 11.3 Å². The molecule has 1 atom stereocenters. The van der Waals surface area contributed by atoms with E-state index in [2.05, 4.69) is 10.3 Å². The molecule has 124 valence electrons. The first-order valence-corrected chi connectivity index (χ1v) is 8.89. The van der Waals surface area contributed by atoms with Crippen LogP contribution in [-0.2, 0) is 0 Å². The zero-order valence-electron chi connectivity index (χ0n) is 13.4. The first-order chi connectivity index (χ1) is 11.7. The highest BCUT2D eigenvalue weighted by Crippen LogP contribution is 2.27. The Morgan fingerprint density at radius 3 is 3.12 bits per heavy atom. The van der Waals surface area contributed by atoms with Gasteiger partial charge in [-0.05, 0) is 36.8 Å². The van der Waals surface area contributed by atoms with Crippen molar-refractivity contribution in [3.05, 3.63) is 47.2 Å². The molecule has 1 amide bonds. The molecular formula is C17H18N4O2S. The maximum atomic E-state index is 12.7. The van der Waals surface area contributed by atoms with Crippen molar-refractivity contribution in [2.24, 2.45) is 0 Å². The summed E-state index contributed by atoms with van der Waals surface area (Å²) in [6.07, 6.45) is 5.88. The van der Waals surface area contributed by atoms with E-state index in [-0.39, 0.29) is 11.9 Å². The van der Waals surface area contributed by atoms with Gasteiger partial charge in [0, 0.05) is 25.4 Å². The summed E-state index contributed by atoms with van der Waals surface area (Å²) in [6.45, 7) is 3.43. The summed E-state index contributed by atoms with van der Waals surface area (Å²) in [4.78, 5) is 15.6. The predicted molar refractivity (Wildman–Crippen MR) is 91.0 cm³/mol. The van der Waals surface area contributed by atoms with Crippen LogP contribution in [0.15, 0.2) is 40.5 Å². The molecule has 1 unspecified atom stereocenters. The number of piperidine rings is 1. The highest BCUT2D eigenvalue weighted by molar-refractivity contribution is 7.13. The van der Waals surface area contributed by atoms with Gasteiger partial charge in [-0.2, -0.15) is 5.10 Å². The van der Waals surface area contributed by atoms with Gasteiger partial charge in [0.1, 0.15) is 0 Å². The van der Waals surface area contributed by atoms with Crippen molar-refractivity contribution in [3.63, 3.8) is 0 Å². The molecule has 3 aromatic heterocycles. The number of nitrogens with zero attached hydrogens (tertiary/aromatic N) is 4. The molecule has 6 nitrogen and oxygen atoms in total. The number of likely N-dealkylation sites (tertiary alicyclic amines) is 1. The van der Waals surface area contributed by atoms with E-state index in [9.17, 15) is 4.79 Å². The van der Waals surface area contributed by atoms with Gasteiger partial charge >= 0.3 is 0 Å². The molecule has 0 aliphatic carbocycles. The number of carbonyl (C=O) groups excluding carboxylic acids is 1. The molecule has 4 heterocycles. The molecule has 0 spiro atoms. The molecule has 0 bridgehead atoms. The van der Waals surface area contributed by atoms with Crippen LogP contribution in [0, 0.1) is 6.92 Å². The van der Waals surface area contributed by atoms with Crippen molar-refractivity contribution in [1.82, 2.24) is 19.8 Å². The zero-order chi connectivity index (χ0) is 16.5. The molecule has 0 radical (unpaired) electrons. The van der Waals surface area contributed by atoms with E-state index in [1.54, 1.807) is 17.4 Å². The largest absolute Gasteiger partial charge is 0.355 e. The summed E-state index contributed by atoms with van der Waals surface area (Å²) in [5.41, 5.74) is 1.51. The smallest absolute Gasteiger partial charge is 0.276 e. The van der Waals surface area contributed by atoms with Gasteiger partial charge in [-0.3, -0.25) is 9.48 Å². The maximum absolute atomic E-state index is 12.7. The van der Waals surface area contributed by atoms with E-state index in [1.807, 2.05) is 46.4 Å². The van der Waals surface area contributed by atoms with E-state index < -0.39 is 0 Å². The molecule has 1 saturated heterocycles. The topological polar surface area (TPSA) is 64.2 Å². The molecule has 0 saturated carbocycles. The van der Waals surface area contributed by atoms with Crippen LogP contribution in [0.25, 0.3) is 10.6 Å². The van der Waals surface area contributed by atoms with Crippen LogP contribution in [0.3, 0.4) is 0 Å². The molecule has 1 fully saturated rings. The third-order valence-electron chi connectivity index (χ3n) is 4.28. The second kappa shape index (κ2) is 6.24. The van der Waals surface area contributed by atoms with Crippen LogP contribution < -0.4 is 0 Å². The Kier molecular flexibility index (Phi) is 3.93. The van der Waals surface area contributed by atoms with Crippen molar-refractivity contribution in [2.75, 3.05) is 13.1 Å². The van der Waals surface area contributed by atoms with Crippen molar-refractivity contribution < 1.29 is 9.32 Å². The van der Waals surface area contributed by atoms with Crippen molar-refractivity contribution in [1.29, 1.82) is 0 Å². The normalized spacial score (nSPS) is 18.0. The Morgan fingerprint density at radius 1 is 1.46 bits per heavy atom. The lowest BCUT2D eigenvalue weighted by Crippen LogP contribution is -2.41. The van der Waals surface area contributed by atoms with Crippen LogP contribution in [0.2, 0.25) is 0 Å². The van der Waals surface area contributed by atoms with Crippen LogP contribution in [0.4, 0.5) is 0 Å².